The summed E-state index contributed by atoms with van der Waals surface area (Å²) in [4.78, 5) is 10.8. The lowest BCUT2D eigenvalue weighted by molar-refractivity contribution is 0.510. The van der Waals surface area contributed by atoms with Crippen LogP contribution in [0, 0.1) is 0 Å². The third-order valence-electron chi connectivity index (χ3n) is 8.19. The summed E-state index contributed by atoms with van der Waals surface area (Å²) in [5.41, 5.74) is 9.14. The Labute approximate surface area is 229 Å². The van der Waals surface area contributed by atoms with Crippen molar-refractivity contribution in [3.8, 4) is 11.1 Å². The van der Waals surface area contributed by atoms with E-state index in [1.165, 1.54) is 33.3 Å². The van der Waals surface area contributed by atoms with Crippen molar-refractivity contribution >= 4 is 28.7 Å². The number of rotatable bonds is 3. The first-order valence-corrected chi connectivity index (χ1v) is 13.8. The van der Waals surface area contributed by atoms with Gasteiger partial charge in [0.05, 0.1) is 16.8 Å². The second kappa shape index (κ2) is 9.36. The van der Waals surface area contributed by atoms with Crippen molar-refractivity contribution < 1.29 is 0 Å². The van der Waals surface area contributed by atoms with E-state index < -0.39 is 5.54 Å². The van der Waals surface area contributed by atoms with Crippen molar-refractivity contribution in [2.24, 2.45) is 9.98 Å². The highest BCUT2D eigenvalue weighted by molar-refractivity contribution is 6.12. The van der Waals surface area contributed by atoms with Crippen molar-refractivity contribution in [2.45, 2.75) is 38.1 Å². The van der Waals surface area contributed by atoms with Gasteiger partial charge in [-0.3, -0.25) is 4.57 Å². The maximum absolute atomic E-state index is 5.47. The summed E-state index contributed by atoms with van der Waals surface area (Å²) < 4.78 is 2.36. The van der Waals surface area contributed by atoms with Gasteiger partial charge >= 0.3 is 0 Å². The van der Waals surface area contributed by atoms with E-state index in [2.05, 4.69) is 140 Å². The minimum atomic E-state index is -0.433. The molecule has 3 nitrogen and oxygen atoms in total. The number of nitrogens with zero attached hydrogens (tertiary/aromatic N) is 3. The van der Waals surface area contributed by atoms with Crippen molar-refractivity contribution in [1.82, 2.24) is 4.57 Å². The largest absolute Gasteiger partial charge is 0.282 e. The highest BCUT2D eigenvalue weighted by Gasteiger charge is 2.35. The van der Waals surface area contributed by atoms with Crippen LogP contribution in [0.25, 0.3) is 28.1 Å². The van der Waals surface area contributed by atoms with Gasteiger partial charge in [0.15, 0.2) is 0 Å². The monoisotopic (exact) mass is 505 g/mol. The number of aromatic nitrogens is 1. The standard InChI is InChI=1S/C36H31N3/c1-25-13-12-20-31-30-22-21-28(26-14-6-3-7-15-26)23-33(30)39(34(25)31)35-37-32(27-16-8-4-9-17-27)24-36(2,38-35)29-18-10-5-11-19-29/h3-12,14-23,25H,13,24H2,1-2H3. The van der Waals surface area contributed by atoms with Crippen LogP contribution in [0.1, 0.15) is 55.0 Å². The molecule has 1 aromatic heterocycles. The van der Waals surface area contributed by atoms with Gasteiger partial charge in [-0.2, -0.15) is 0 Å². The van der Waals surface area contributed by atoms with Gasteiger partial charge in [0.2, 0.25) is 5.96 Å². The van der Waals surface area contributed by atoms with Crippen molar-refractivity contribution in [3.63, 3.8) is 0 Å². The quantitative estimate of drug-likeness (QED) is 0.234. The zero-order valence-electron chi connectivity index (χ0n) is 22.4. The van der Waals surface area contributed by atoms with E-state index in [9.17, 15) is 0 Å². The van der Waals surface area contributed by atoms with E-state index in [4.69, 9.17) is 9.98 Å². The molecule has 0 radical (unpaired) electrons. The Kier molecular flexibility index (Phi) is 5.66. The Morgan fingerprint density at radius 2 is 1.44 bits per heavy atom. The van der Waals surface area contributed by atoms with Crippen molar-refractivity contribution in [1.29, 1.82) is 0 Å². The van der Waals surface area contributed by atoms with Crippen LogP contribution in [-0.2, 0) is 5.54 Å². The lowest BCUT2D eigenvalue weighted by Crippen LogP contribution is -2.32. The summed E-state index contributed by atoms with van der Waals surface area (Å²) in [5, 5.41) is 1.25. The molecule has 190 valence electrons. The summed E-state index contributed by atoms with van der Waals surface area (Å²) in [6.07, 6.45) is 6.35. The molecule has 3 heteroatoms. The molecule has 0 amide bonds. The first-order valence-electron chi connectivity index (χ1n) is 13.8. The molecule has 2 unspecified atom stereocenters. The zero-order valence-corrected chi connectivity index (χ0v) is 22.4. The summed E-state index contributed by atoms with van der Waals surface area (Å²) >= 11 is 0. The molecule has 1 aliphatic carbocycles. The topological polar surface area (TPSA) is 29.6 Å². The third-order valence-corrected chi connectivity index (χ3v) is 8.19. The lowest BCUT2D eigenvalue weighted by atomic mass is 9.84. The average molecular weight is 506 g/mol. The number of allylic oxidation sites excluding steroid dienone is 1. The normalized spacial score (nSPS) is 20.4. The van der Waals surface area contributed by atoms with Crippen LogP contribution >= 0.6 is 0 Å². The number of aliphatic imine (C=N–C) groups is 2. The molecule has 0 bridgehead atoms. The Balaban J connectivity index is 1.52. The molecule has 1 aliphatic heterocycles. The van der Waals surface area contributed by atoms with Gasteiger partial charge in [-0.05, 0) is 41.7 Å². The second-order valence-electron chi connectivity index (χ2n) is 10.9. The molecule has 0 N–H and O–H groups in total. The highest BCUT2D eigenvalue weighted by atomic mass is 15.2. The van der Waals surface area contributed by atoms with Crippen LogP contribution in [0.4, 0.5) is 0 Å². The summed E-state index contributed by atoms with van der Waals surface area (Å²) in [6, 6.07) is 38.7. The van der Waals surface area contributed by atoms with Gasteiger partial charge in [0.25, 0.3) is 0 Å². The highest BCUT2D eigenvalue weighted by Crippen LogP contribution is 2.41. The molecule has 0 spiro atoms. The molecular formula is C36H31N3. The molecule has 5 aromatic rings. The fraction of sp³-hybridized carbons (Fsp3) is 0.167. The van der Waals surface area contributed by atoms with Gasteiger partial charge in [0.1, 0.15) is 0 Å². The van der Waals surface area contributed by atoms with Gasteiger partial charge in [0, 0.05) is 29.0 Å². The lowest BCUT2D eigenvalue weighted by Gasteiger charge is -2.32. The summed E-state index contributed by atoms with van der Waals surface area (Å²) in [5.74, 6) is 1.13. The first-order chi connectivity index (χ1) is 19.1. The maximum atomic E-state index is 5.47. The van der Waals surface area contributed by atoms with E-state index >= 15 is 0 Å². The molecule has 0 saturated carbocycles. The van der Waals surface area contributed by atoms with Crippen LogP contribution in [0.15, 0.2) is 125 Å². The van der Waals surface area contributed by atoms with Crippen molar-refractivity contribution in [3.05, 3.63) is 138 Å². The van der Waals surface area contributed by atoms with E-state index in [1.54, 1.807) is 0 Å². The van der Waals surface area contributed by atoms with Crippen LogP contribution in [0.3, 0.4) is 0 Å². The average Bonchev–Trinajstić information content (AvgIpc) is 3.33. The van der Waals surface area contributed by atoms with E-state index in [-0.39, 0.29) is 0 Å². The first kappa shape index (κ1) is 23.6. The Bertz CT molecular complexity index is 1760. The molecule has 4 aromatic carbocycles. The molecule has 7 rings (SSSR count). The van der Waals surface area contributed by atoms with E-state index in [1.807, 2.05) is 0 Å². The number of hydrogen-bond donors (Lipinski definition) is 0. The van der Waals surface area contributed by atoms with Crippen LogP contribution in [0.2, 0.25) is 0 Å². The molecule has 39 heavy (non-hydrogen) atoms. The zero-order chi connectivity index (χ0) is 26.4. The minimum Gasteiger partial charge on any atom is -0.282 e. The Morgan fingerprint density at radius 3 is 2.15 bits per heavy atom. The van der Waals surface area contributed by atoms with Gasteiger partial charge in [-0.15, -0.1) is 0 Å². The van der Waals surface area contributed by atoms with Gasteiger partial charge < -0.3 is 0 Å². The van der Waals surface area contributed by atoms with E-state index in [0.717, 1.165) is 35.6 Å². The smallest absolute Gasteiger partial charge is 0.230 e. The van der Waals surface area contributed by atoms with Crippen LogP contribution in [0.5, 0.6) is 0 Å². The van der Waals surface area contributed by atoms with Gasteiger partial charge in [-0.25, -0.2) is 9.98 Å². The van der Waals surface area contributed by atoms with Gasteiger partial charge in [-0.1, -0.05) is 122 Å². The minimum absolute atomic E-state index is 0.362. The second-order valence-corrected chi connectivity index (χ2v) is 10.9. The molecule has 2 atom stereocenters. The number of benzene rings is 4. The summed E-state index contributed by atoms with van der Waals surface area (Å²) in [6.45, 7) is 4.56. The Morgan fingerprint density at radius 1 is 0.769 bits per heavy atom. The van der Waals surface area contributed by atoms with Crippen LogP contribution in [-0.4, -0.2) is 16.2 Å². The fourth-order valence-corrected chi connectivity index (χ4v) is 6.15. The molecule has 2 heterocycles. The SMILES string of the molecule is CC1CC=Cc2c1n(C1=NC(C)(c3ccccc3)CC(c3ccccc3)=N1)c1cc(-c3ccccc3)ccc21. The molecule has 0 fully saturated rings. The summed E-state index contributed by atoms with van der Waals surface area (Å²) in [7, 11) is 0. The molecule has 0 saturated heterocycles. The predicted octanol–water partition coefficient (Wildman–Crippen LogP) is 8.84. The third kappa shape index (κ3) is 4.06. The van der Waals surface area contributed by atoms with E-state index in [0.29, 0.717) is 5.92 Å². The fourth-order valence-electron chi connectivity index (χ4n) is 6.15. The molecular weight excluding hydrogens is 474 g/mol. The number of hydrogen-bond acceptors (Lipinski definition) is 2. The number of fused-ring (bicyclic) bond motifs is 3. The van der Waals surface area contributed by atoms with Crippen LogP contribution < -0.4 is 0 Å². The molecule has 2 aliphatic rings. The maximum Gasteiger partial charge on any atom is 0.230 e. The van der Waals surface area contributed by atoms with Crippen molar-refractivity contribution in [2.75, 3.05) is 0 Å². The Hall–Kier alpha value is -4.50. The predicted molar refractivity (Wildman–Crippen MR) is 164 cm³/mol.